The Morgan fingerprint density at radius 2 is 1.50 bits per heavy atom. The molecule has 5 heteroatoms. The molecule has 0 saturated heterocycles. The Labute approximate surface area is 171 Å². The Morgan fingerprint density at radius 3 is 2.23 bits per heavy atom. The Hall–Kier alpha value is -4.12. The molecule has 1 N–H and O–H groups in total. The van der Waals surface area contributed by atoms with E-state index in [1.807, 2.05) is 48.5 Å². The van der Waals surface area contributed by atoms with Crippen molar-refractivity contribution in [2.75, 3.05) is 0 Å². The van der Waals surface area contributed by atoms with Gasteiger partial charge in [0, 0.05) is 12.6 Å². The van der Waals surface area contributed by atoms with Crippen LogP contribution in [0.5, 0.6) is 5.75 Å². The standard InChI is InChI=1S/C25H17NO4/c27-22-18(15-16-9-3-1-4-10-16)25(29)30-23-20(17-11-5-2-6-12-17)24(28)26-14-8-7-13-19(26)21(22)23/h1-14,27H,15H2. The van der Waals surface area contributed by atoms with Gasteiger partial charge in [-0.05, 0) is 23.3 Å². The first-order chi connectivity index (χ1) is 14.6. The summed E-state index contributed by atoms with van der Waals surface area (Å²) in [6, 6.07) is 23.7. The number of aromatic nitrogens is 1. The second-order valence-electron chi connectivity index (χ2n) is 7.09. The van der Waals surface area contributed by atoms with Gasteiger partial charge in [-0.2, -0.15) is 0 Å². The number of nitrogens with zero attached hydrogens (tertiary/aromatic N) is 1. The monoisotopic (exact) mass is 395 g/mol. The molecule has 0 aliphatic heterocycles. The van der Waals surface area contributed by atoms with Gasteiger partial charge in [-0.25, -0.2) is 4.79 Å². The predicted molar refractivity (Wildman–Crippen MR) is 116 cm³/mol. The molecular weight excluding hydrogens is 378 g/mol. The van der Waals surface area contributed by atoms with Crippen molar-refractivity contribution >= 4 is 16.5 Å². The largest absolute Gasteiger partial charge is 0.507 e. The Morgan fingerprint density at radius 1 is 0.833 bits per heavy atom. The highest BCUT2D eigenvalue weighted by atomic mass is 16.4. The van der Waals surface area contributed by atoms with Crippen LogP contribution in [0.4, 0.5) is 0 Å². The highest BCUT2D eigenvalue weighted by Gasteiger charge is 2.22. The summed E-state index contributed by atoms with van der Waals surface area (Å²) < 4.78 is 7.16. The SMILES string of the molecule is O=c1oc2c(-c3ccccc3)c(=O)n3ccccc3c2c(O)c1Cc1ccccc1. The number of aromatic hydroxyl groups is 1. The molecule has 0 fully saturated rings. The first kappa shape index (κ1) is 17.9. The van der Waals surface area contributed by atoms with Crippen molar-refractivity contribution in [3.8, 4) is 16.9 Å². The minimum Gasteiger partial charge on any atom is -0.507 e. The molecule has 30 heavy (non-hydrogen) atoms. The van der Waals surface area contributed by atoms with Crippen molar-refractivity contribution in [3.05, 3.63) is 117 Å². The lowest BCUT2D eigenvalue weighted by Crippen LogP contribution is -2.18. The van der Waals surface area contributed by atoms with Crippen LogP contribution in [-0.4, -0.2) is 9.51 Å². The molecule has 0 radical (unpaired) electrons. The lowest BCUT2D eigenvalue weighted by atomic mass is 10.00. The van der Waals surface area contributed by atoms with E-state index in [-0.39, 0.29) is 34.4 Å². The van der Waals surface area contributed by atoms with Crippen molar-refractivity contribution in [2.45, 2.75) is 6.42 Å². The number of rotatable bonds is 3. The topological polar surface area (TPSA) is 71.9 Å². The molecule has 3 aromatic heterocycles. The van der Waals surface area contributed by atoms with Gasteiger partial charge in [0.2, 0.25) is 0 Å². The molecule has 0 unspecified atom stereocenters. The fraction of sp³-hybridized carbons (Fsp3) is 0.0400. The average Bonchev–Trinajstić information content (AvgIpc) is 2.78. The van der Waals surface area contributed by atoms with E-state index in [1.165, 1.54) is 4.40 Å². The first-order valence-corrected chi connectivity index (χ1v) is 9.56. The zero-order chi connectivity index (χ0) is 20.7. The molecule has 0 bridgehead atoms. The van der Waals surface area contributed by atoms with E-state index in [0.717, 1.165) is 5.56 Å². The van der Waals surface area contributed by atoms with Gasteiger partial charge >= 0.3 is 5.63 Å². The minimum absolute atomic E-state index is 0.0942. The minimum atomic E-state index is -0.652. The van der Waals surface area contributed by atoms with Crippen LogP contribution >= 0.6 is 0 Å². The molecule has 5 rings (SSSR count). The van der Waals surface area contributed by atoms with Gasteiger partial charge in [0.25, 0.3) is 5.56 Å². The molecule has 0 amide bonds. The summed E-state index contributed by atoms with van der Waals surface area (Å²) in [5, 5.41) is 11.5. The fourth-order valence-electron chi connectivity index (χ4n) is 3.83. The zero-order valence-corrected chi connectivity index (χ0v) is 15.9. The highest BCUT2D eigenvalue weighted by molar-refractivity contribution is 6.04. The third kappa shape index (κ3) is 2.79. The molecule has 0 atom stereocenters. The summed E-state index contributed by atoms with van der Waals surface area (Å²) in [7, 11) is 0. The van der Waals surface area contributed by atoms with Crippen LogP contribution in [0.3, 0.4) is 0 Å². The van der Waals surface area contributed by atoms with Gasteiger partial charge in [0.15, 0.2) is 5.58 Å². The molecule has 5 aromatic rings. The summed E-state index contributed by atoms with van der Waals surface area (Å²) in [5.41, 5.74) is 1.50. The van der Waals surface area contributed by atoms with Gasteiger partial charge in [-0.1, -0.05) is 66.7 Å². The first-order valence-electron chi connectivity index (χ1n) is 9.56. The smallest absolute Gasteiger partial charge is 0.343 e. The van der Waals surface area contributed by atoms with E-state index in [9.17, 15) is 14.7 Å². The number of fused-ring (bicyclic) bond motifs is 3. The Kier molecular flexibility index (Phi) is 4.21. The fourth-order valence-corrected chi connectivity index (χ4v) is 3.83. The maximum atomic E-state index is 13.3. The average molecular weight is 395 g/mol. The maximum absolute atomic E-state index is 13.3. The van der Waals surface area contributed by atoms with E-state index < -0.39 is 5.63 Å². The number of benzene rings is 2. The van der Waals surface area contributed by atoms with E-state index >= 15 is 0 Å². The molecule has 3 heterocycles. The van der Waals surface area contributed by atoms with E-state index in [2.05, 4.69) is 0 Å². The second-order valence-corrected chi connectivity index (χ2v) is 7.09. The quantitative estimate of drug-likeness (QED) is 0.461. The molecule has 5 nitrogen and oxygen atoms in total. The maximum Gasteiger partial charge on any atom is 0.343 e. The zero-order valence-electron chi connectivity index (χ0n) is 15.9. The lowest BCUT2D eigenvalue weighted by molar-refractivity contribution is 0.459. The number of hydrogen-bond acceptors (Lipinski definition) is 4. The Bertz CT molecular complexity index is 1500. The third-order valence-corrected chi connectivity index (χ3v) is 5.25. The molecule has 0 aliphatic rings. The van der Waals surface area contributed by atoms with Gasteiger partial charge in [-0.15, -0.1) is 0 Å². The van der Waals surface area contributed by atoms with E-state index in [4.69, 9.17) is 4.42 Å². The van der Waals surface area contributed by atoms with Crippen LogP contribution < -0.4 is 11.2 Å². The van der Waals surface area contributed by atoms with Crippen molar-refractivity contribution in [1.29, 1.82) is 0 Å². The second kappa shape index (κ2) is 7.04. The third-order valence-electron chi connectivity index (χ3n) is 5.25. The van der Waals surface area contributed by atoms with Crippen LogP contribution in [0.25, 0.3) is 27.6 Å². The van der Waals surface area contributed by atoms with Gasteiger partial charge in [-0.3, -0.25) is 9.20 Å². The Balaban J connectivity index is 1.92. The molecule has 0 aliphatic carbocycles. The summed E-state index contributed by atoms with van der Waals surface area (Å²) in [5.74, 6) is -0.161. The summed E-state index contributed by atoms with van der Waals surface area (Å²) in [6.45, 7) is 0. The summed E-state index contributed by atoms with van der Waals surface area (Å²) >= 11 is 0. The van der Waals surface area contributed by atoms with Crippen LogP contribution in [0.15, 0.2) is 99.1 Å². The molecule has 146 valence electrons. The van der Waals surface area contributed by atoms with Crippen LogP contribution in [0.1, 0.15) is 11.1 Å². The van der Waals surface area contributed by atoms with Crippen molar-refractivity contribution in [3.63, 3.8) is 0 Å². The summed E-state index contributed by atoms with van der Waals surface area (Å²) in [6.07, 6.45) is 1.87. The van der Waals surface area contributed by atoms with Crippen LogP contribution in [0.2, 0.25) is 0 Å². The normalized spacial score (nSPS) is 11.2. The molecule has 0 spiro atoms. The molecular formula is C25H17NO4. The van der Waals surface area contributed by atoms with Crippen molar-refractivity contribution in [2.24, 2.45) is 0 Å². The molecule has 0 saturated carbocycles. The number of pyridine rings is 2. The van der Waals surface area contributed by atoms with Gasteiger partial charge < -0.3 is 9.52 Å². The molecule has 2 aromatic carbocycles. The van der Waals surface area contributed by atoms with E-state index in [1.54, 1.807) is 36.5 Å². The van der Waals surface area contributed by atoms with E-state index in [0.29, 0.717) is 16.5 Å². The van der Waals surface area contributed by atoms with Crippen molar-refractivity contribution in [1.82, 2.24) is 4.40 Å². The van der Waals surface area contributed by atoms with Crippen molar-refractivity contribution < 1.29 is 9.52 Å². The summed E-state index contributed by atoms with van der Waals surface area (Å²) in [4.78, 5) is 26.1. The predicted octanol–water partition coefficient (Wildman–Crippen LogP) is 4.37. The van der Waals surface area contributed by atoms with Crippen LogP contribution in [0, 0.1) is 0 Å². The van der Waals surface area contributed by atoms with Gasteiger partial charge in [0.1, 0.15) is 5.75 Å². The van der Waals surface area contributed by atoms with Crippen LogP contribution in [-0.2, 0) is 6.42 Å². The number of hydrogen-bond donors (Lipinski definition) is 1. The lowest BCUT2D eigenvalue weighted by Gasteiger charge is -2.13. The van der Waals surface area contributed by atoms with Gasteiger partial charge in [0.05, 0.1) is 22.0 Å². The highest BCUT2D eigenvalue weighted by Crippen LogP contribution is 2.35.